The van der Waals surface area contributed by atoms with Crippen molar-refractivity contribution in [3.63, 3.8) is 0 Å². The maximum atomic E-state index is 13.2. The van der Waals surface area contributed by atoms with E-state index in [2.05, 4.69) is 5.32 Å². The lowest BCUT2D eigenvalue weighted by Gasteiger charge is -2.07. The minimum atomic E-state index is -0.337. The van der Waals surface area contributed by atoms with Gasteiger partial charge in [-0.15, -0.1) is 0 Å². The van der Waals surface area contributed by atoms with Crippen LogP contribution in [0.3, 0.4) is 0 Å². The predicted octanol–water partition coefficient (Wildman–Crippen LogP) is 1.36. The van der Waals surface area contributed by atoms with Crippen molar-refractivity contribution >= 4 is 17.5 Å². The Hall–Kier alpha value is -1.13. The van der Waals surface area contributed by atoms with Gasteiger partial charge >= 0.3 is 0 Å². The predicted molar refractivity (Wildman–Crippen MR) is 57.0 cm³/mol. The second-order valence-corrected chi connectivity index (χ2v) is 3.58. The summed E-state index contributed by atoms with van der Waals surface area (Å²) in [5.74, 6) is -0.636. The Balaban J connectivity index is 2.77. The summed E-state index contributed by atoms with van der Waals surface area (Å²) in [7, 11) is 0. The molecule has 5 heteroatoms. The summed E-state index contributed by atoms with van der Waals surface area (Å²) in [5, 5.41) is 2.96. The molecule has 0 bridgehead atoms. The number of carbonyl (C=O) groups excluding carboxylic acids is 1. The van der Waals surface area contributed by atoms with Crippen LogP contribution in [0.15, 0.2) is 12.1 Å². The summed E-state index contributed by atoms with van der Waals surface area (Å²) < 4.78 is 13.2. The molecule has 0 aliphatic carbocycles. The lowest BCUT2D eigenvalue weighted by molar-refractivity contribution is -0.119. The summed E-state index contributed by atoms with van der Waals surface area (Å²) in [6, 6.07) is 2.84. The second kappa shape index (κ2) is 5.09. The zero-order chi connectivity index (χ0) is 11.4. The maximum Gasteiger partial charge on any atom is 0.234 e. The van der Waals surface area contributed by atoms with Crippen molar-refractivity contribution in [1.29, 1.82) is 0 Å². The molecule has 1 amide bonds. The van der Waals surface area contributed by atoms with Crippen LogP contribution in [0.1, 0.15) is 11.1 Å². The molecule has 0 aromatic heterocycles. The van der Waals surface area contributed by atoms with Crippen molar-refractivity contribution in [2.45, 2.75) is 13.5 Å². The molecule has 15 heavy (non-hydrogen) atoms. The zero-order valence-electron chi connectivity index (χ0n) is 8.31. The third-order valence-electron chi connectivity index (χ3n) is 1.99. The number of benzene rings is 1. The number of amides is 1. The van der Waals surface area contributed by atoms with Gasteiger partial charge in [0, 0.05) is 11.6 Å². The molecule has 0 radical (unpaired) electrons. The molecule has 3 nitrogen and oxygen atoms in total. The molecule has 0 spiro atoms. The van der Waals surface area contributed by atoms with Gasteiger partial charge < -0.3 is 11.1 Å². The van der Waals surface area contributed by atoms with E-state index in [0.29, 0.717) is 16.1 Å². The minimum absolute atomic E-state index is 0.0913. The number of rotatable bonds is 3. The van der Waals surface area contributed by atoms with E-state index in [4.69, 9.17) is 17.3 Å². The monoisotopic (exact) mass is 230 g/mol. The van der Waals surface area contributed by atoms with Gasteiger partial charge in [-0.2, -0.15) is 0 Å². The smallest absolute Gasteiger partial charge is 0.234 e. The van der Waals surface area contributed by atoms with Crippen LogP contribution in [-0.2, 0) is 11.3 Å². The van der Waals surface area contributed by atoms with Gasteiger partial charge in [-0.25, -0.2) is 4.39 Å². The SMILES string of the molecule is Cc1cc(Cl)c(CNC(=O)CN)cc1F. The van der Waals surface area contributed by atoms with Crippen LogP contribution in [0.25, 0.3) is 0 Å². The van der Waals surface area contributed by atoms with E-state index >= 15 is 0 Å². The van der Waals surface area contributed by atoms with Crippen LogP contribution in [0.4, 0.5) is 4.39 Å². The Morgan fingerprint density at radius 2 is 2.27 bits per heavy atom. The van der Waals surface area contributed by atoms with E-state index in [1.165, 1.54) is 12.1 Å². The fourth-order valence-corrected chi connectivity index (χ4v) is 1.37. The van der Waals surface area contributed by atoms with E-state index < -0.39 is 0 Å². The first-order valence-electron chi connectivity index (χ1n) is 4.46. The topological polar surface area (TPSA) is 55.1 Å². The first-order valence-corrected chi connectivity index (χ1v) is 4.83. The van der Waals surface area contributed by atoms with Crippen molar-refractivity contribution in [3.05, 3.63) is 34.1 Å². The highest BCUT2D eigenvalue weighted by atomic mass is 35.5. The molecular weight excluding hydrogens is 219 g/mol. The van der Waals surface area contributed by atoms with E-state index in [9.17, 15) is 9.18 Å². The molecule has 1 aromatic carbocycles. The number of halogens is 2. The summed E-state index contributed by atoms with van der Waals surface area (Å²) >= 11 is 5.88. The number of carbonyl (C=O) groups is 1. The Kier molecular flexibility index (Phi) is 4.05. The molecule has 0 aliphatic heterocycles. The van der Waals surface area contributed by atoms with Crippen LogP contribution < -0.4 is 11.1 Å². The lowest BCUT2D eigenvalue weighted by atomic mass is 10.1. The quantitative estimate of drug-likeness (QED) is 0.824. The fraction of sp³-hybridized carbons (Fsp3) is 0.300. The third-order valence-corrected chi connectivity index (χ3v) is 2.34. The Morgan fingerprint density at radius 1 is 1.60 bits per heavy atom. The highest BCUT2D eigenvalue weighted by molar-refractivity contribution is 6.31. The van der Waals surface area contributed by atoms with Gasteiger partial charge in [-0.3, -0.25) is 4.79 Å². The summed E-state index contributed by atoms with van der Waals surface area (Å²) in [6.07, 6.45) is 0. The highest BCUT2D eigenvalue weighted by Gasteiger charge is 2.06. The number of hydrogen-bond donors (Lipinski definition) is 2. The second-order valence-electron chi connectivity index (χ2n) is 3.17. The zero-order valence-corrected chi connectivity index (χ0v) is 9.07. The van der Waals surface area contributed by atoms with Crippen LogP contribution in [-0.4, -0.2) is 12.5 Å². The molecule has 1 aromatic rings. The third kappa shape index (κ3) is 3.18. The molecular formula is C10H12ClFN2O. The van der Waals surface area contributed by atoms with E-state index in [1.807, 2.05) is 0 Å². The minimum Gasteiger partial charge on any atom is -0.351 e. The number of nitrogens with two attached hydrogens (primary N) is 1. The molecule has 0 heterocycles. The molecule has 1 rings (SSSR count). The molecule has 0 atom stereocenters. The van der Waals surface area contributed by atoms with Gasteiger partial charge in [-0.1, -0.05) is 11.6 Å². The van der Waals surface area contributed by atoms with Crippen molar-refractivity contribution in [2.24, 2.45) is 5.73 Å². The van der Waals surface area contributed by atoms with Gasteiger partial charge in [0.25, 0.3) is 0 Å². The Morgan fingerprint density at radius 3 is 2.87 bits per heavy atom. The first-order chi connectivity index (χ1) is 7.04. The van der Waals surface area contributed by atoms with Gasteiger partial charge in [-0.05, 0) is 30.2 Å². The van der Waals surface area contributed by atoms with Crippen molar-refractivity contribution in [3.8, 4) is 0 Å². The first kappa shape index (κ1) is 11.9. The standard InChI is InChI=1S/C10H12ClFN2O/c1-6-2-8(11)7(3-9(6)12)5-14-10(15)4-13/h2-3H,4-5,13H2,1H3,(H,14,15). The van der Waals surface area contributed by atoms with Gasteiger partial charge in [0.05, 0.1) is 6.54 Å². The molecule has 0 aliphatic rings. The van der Waals surface area contributed by atoms with Crippen molar-refractivity contribution < 1.29 is 9.18 Å². The number of hydrogen-bond acceptors (Lipinski definition) is 2. The molecule has 0 fully saturated rings. The highest BCUT2D eigenvalue weighted by Crippen LogP contribution is 2.20. The Bertz CT molecular complexity index is 382. The largest absolute Gasteiger partial charge is 0.351 e. The van der Waals surface area contributed by atoms with Crippen LogP contribution >= 0.6 is 11.6 Å². The normalized spacial score (nSPS) is 10.1. The Labute approximate surface area is 92.4 Å². The molecule has 3 N–H and O–H groups in total. The maximum absolute atomic E-state index is 13.2. The lowest BCUT2D eigenvalue weighted by Crippen LogP contribution is -2.29. The van der Waals surface area contributed by atoms with Crippen LogP contribution in [0, 0.1) is 12.7 Å². The van der Waals surface area contributed by atoms with E-state index in [0.717, 1.165) is 0 Å². The molecule has 0 saturated heterocycles. The van der Waals surface area contributed by atoms with Crippen LogP contribution in [0.5, 0.6) is 0 Å². The summed E-state index contributed by atoms with van der Waals surface area (Å²) in [5.41, 5.74) is 6.13. The van der Waals surface area contributed by atoms with Gasteiger partial charge in [0.15, 0.2) is 0 Å². The van der Waals surface area contributed by atoms with Crippen molar-refractivity contribution in [2.75, 3.05) is 6.54 Å². The average molecular weight is 231 g/mol. The summed E-state index contributed by atoms with van der Waals surface area (Å²) in [6.45, 7) is 1.72. The van der Waals surface area contributed by atoms with E-state index in [1.54, 1.807) is 6.92 Å². The average Bonchev–Trinajstić information content (AvgIpc) is 2.21. The van der Waals surface area contributed by atoms with Gasteiger partial charge in [0.2, 0.25) is 5.91 Å². The van der Waals surface area contributed by atoms with E-state index in [-0.39, 0.29) is 24.8 Å². The molecule has 0 saturated carbocycles. The molecule has 82 valence electrons. The molecule has 0 unspecified atom stereocenters. The fourth-order valence-electron chi connectivity index (χ4n) is 1.09. The van der Waals surface area contributed by atoms with Crippen LogP contribution in [0.2, 0.25) is 5.02 Å². The number of nitrogens with one attached hydrogen (secondary N) is 1. The van der Waals surface area contributed by atoms with Gasteiger partial charge in [0.1, 0.15) is 5.82 Å². The van der Waals surface area contributed by atoms with Crippen molar-refractivity contribution in [1.82, 2.24) is 5.32 Å². The summed E-state index contributed by atoms with van der Waals surface area (Å²) in [4.78, 5) is 10.9. The number of aryl methyl sites for hydroxylation is 1.